The van der Waals surface area contributed by atoms with Gasteiger partial charge in [-0.25, -0.2) is 4.39 Å². The van der Waals surface area contributed by atoms with Crippen molar-refractivity contribution in [2.45, 2.75) is 46.6 Å². The van der Waals surface area contributed by atoms with Gasteiger partial charge in [-0.3, -0.25) is 9.67 Å². The Bertz CT molecular complexity index is 714. The molecule has 1 aromatic carbocycles. The van der Waals surface area contributed by atoms with Crippen LogP contribution in [0.4, 0.5) is 4.39 Å². The van der Waals surface area contributed by atoms with Gasteiger partial charge in [-0.1, -0.05) is 12.1 Å². The standard InChI is InChI=1S/C20H30FN5.HI/c1-4-22-20(23-11-6-9-18-8-5-10-19(21)15-18)24-12-7-13-26-17(3)14-16(2)25-26;/h5,8,10,14-15H,4,6-7,9,11-13H2,1-3H3,(H2,22,23,24);1H. The number of nitrogens with zero attached hydrogens (tertiary/aromatic N) is 3. The summed E-state index contributed by atoms with van der Waals surface area (Å²) in [5, 5.41) is 11.1. The summed E-state index contributed by atoms with van der Waals surface area (Å²) >= 11 is 0. The largest absolute Gasteiger partial charge is 0.357 e. The Balaban J connectivity index is 0.00000364. The highest BCUT2D eigenvalue weighted by Crippen LogP contribution is 2.05. The number of hydrogen-bond acceptors (Lipinski definition) is 2. The second-order valence-electron chi connectivity index (χ2n) is 6.42. The highest BCUT2D eigenvalue weighted by Gasteiger charge is 2.01. The molecule has 0 fully saturated rings. The predicted octanol–water partition coefficient (Wildman–Crippen LogP) is 3.84. The monoisotopic (exact) mass is 487 g/mol. The van der Waals surface area contributed by atoms with Crippen molar-refractivity contribution >= 4 is 29.9 Å². The van der Waals surface area contributed by atoms with Crippen LogP contribution >= 0.6 is 24.0 Å². The van der Waals surface area contributed by atoms with Crippen LogP contribution in [0.3, 0.4) is 0 Å². The first-order valence-electron chi connectivity index (χ1n) is 9.36. The quantitative estimate of drug-likeness (QED) is 0.245. The SMILES string of the molecule is CCNC(=NCCCn1nc(C)cc1C)NCCCc1cccc(F)c1.I. The summed E-state index contributed by atoms with van der Waals surface area (Å²) < 4.78 is 15.2. The number of benzene rings is 1. The molecule has 0 amide bonds. The van der Waals surface area contributed by atoms with Gasteiger partial charge in [0.2, 0.25) is 0 Å². The number of hydrogen-bond donors (Lipinski definition) is 2. The minimum atomic E-state index is -0.173. The molecule has 0 unspecified atom stereocenters. The molecule has 0 aliphatic carbocycles. The zero-order valence-electron chi connectivity index (χ0n) is 16.5. The second kappa shape index (κ2) is 12.7. The van der Waals surface area contributed by atoms with Gasteiger partial charge in [0, 0.05) is 31.9 Å². The highest BCUT2D eigenvalue weighted by atomic mass is 127. The molecule has 2 N–H and O–H groups in total. The molecule has 0 saturated heterocycles. The van der Waals surface area contributed by atoms with Gasteiger partial charge in [-0.15, -0.1) is 24.0 Å². The van der Waals surface area contributed by atoms with Crippen molar-refractivity contribution in [1.82, 2.24) is 20.4 Å². The summed E-state index contributed by atoms with van der Waals surface area (Å²) in [6, 6.07) is 8.88. The van der Waals surface area contributed by atoms with Crippen LogP contribution in [0.1, 0.15) is 36.7 Å². The fraction of sp³-hybridized carbons (Fsp3) is 0.500. The van der Waals surface area contributed by atoms with E-state index < -0.39 is 0 Å². The van der Waals surface area contributed by atoms with E-state index in [2.05, 4.69) is 40.6 Å². The molecule has 0 radical (unpaired) electrons. The van der Waals surface area contributed by atoms with E-state index in [-0.39, 0.29) is 29.8 Å². The zero-order valence-corrected chi connectivity index (χ0v) is 18.8. The minimum absolute atomic E-state index is 0. The number of aromatic nitrogens is 2. The van der Waals surface area contributed by atoms with E-state index in [9.17, 15) is 4.39 Å². The third-order valence-electron chi connectivity index (χ3n) is 4.07. The predicted molar refractivity (Wildman–Crippen MR) is 120 cm³/mol. The Morgan fingerprint density at radius 3 is 2.67 bits per heavy atom. The summed E-state index contributed by atoms with van der Waals surface area (Å²) in [4.78, 5) is 4.62. The Labute approximate surface area is 178 Å². The lowest BCUT2D eigenvalue weighted by atomic mass is 10.1. The maximum absolute atomic E-state index is 13.2. The lowest BCUT2D eigenvalue weighted by Gasteiger charge is -2.11. The van der Waals surface area contributed by atoms with E-state index in [0.717, 1.165) is 62.7 Å². The first-order chi connectivity index (χ1) is 12.6. The van der Waals surface area contributed by atoms with Crippen molar-refractivity contribution in [1.29, 1.82) is 0 Å². The summed E-state index contributed by atoms with van der Waals surface area (Å²) in [5.41, 5.74) is 3.27. The van der Waals surface area contributed by atoms with E-state index >= 15 is 0 Å². The van der Waals surface area contributed by atoms with Crippen LogP contribution in [-0.4, -0.2) is 35.4 Å². The molecular formula is C20H31FIN5. The van der Waals surface area contributed by atoms with Gasteiger partial charge in [0.15, 0.2) is 5.96 Å². The zero-order chi connectivity index (χ0) is 18.8. The number of halogens is 2. The Kier molecular flexibility index (Phi) is 11.0. The first kappa shape index (κ1) is 23.4. The smallest absolute Gasteiger partial charge is 0.191 e. The molecule has 2 aromatic rings. The molecule has 5 nitrogen and oxygen atoms in total. The van der Waals surface area contributed by atoms with Gasteiger partial charge in [-0.2, -0.15) is 5.10 Å². The number of guanidine groups is 1. The van der Waals surface area contributed by atoms with Gasteiger partial charge in [-0.05, 0) is 63.8 Å². The molecule has 27 heavy (non-hydrogen) atoms. The third kappa shape index (κ3) is 8.73. The van der Waals surface area contributed by atoms with E-state index in [0.29, 0.717) is 0 Å². The molecule has 1 heterocycles. The fourth-order valence-electron chi connectivity index (χ4n) is 2.85. The molecular weight excluding hydrogens is 456 g/mol. The fourth-order valence-corrected chi connectivity index (χ4v) is 2.85. The van der Waals surface area contributed by atoms with Crippen LogP contribution < -0.4 is 10.6 Å². The van der Waals surface area contributed by atoms with Crippen LogP contribution in [0.5, 0.6) is 0 Å². The Morgan fingerprint density at radius 2 is 2.00 bits per heavy atom. The first-order valence-corrected chi connectivity index (χ1v) is 9.36. The number of rotatable bonds is 9. The summed E-state index contributed by atoms with van der Waals surface area (Å²) in [6.07, 6.45) is 2.73. The van der Waals surface area contributed by atoms with E-state index in [1.54, 1.807) is 12.1 Å². The summed E-state index contributed by atoms with van der Waals surface area (Å²) in [6.45, 7) is 9.40. The normalized spacial score (nSPS) is 11.2. The van der Waals surface area contributed by atoms with Gasteiger partial charge >= 0.3 is 0 Å². The topological polar surface area (TPSA) is 54.2 Å². The molecule has 0 saturated carbocycles. The van der Waals surface area contributed by atoms with Crippen LogP contribution in [0.25, 0.3) is 0 Å². The molecule has 7 heteroatoms. The molecule has 0 aliphatic rings. The van der Waals surface area contributed by atoms with Gasteiger partial charge in [0.05, 0.1) is 5.69 Å². The van der Waals surface area contributed by atoms with Gasteiger partial charge in [0.25, 0.3) is 0 Å². The minimum Gasteiger partial charge on any atom is -0.357 e. The van der Waals surface area contributed by atoms with Crippen molar-refractivity contribution in [3.8, 4) is 0 Å². The Morgan fingerprint density at radius 1 is 1.19 bits per heavy atom. The maximum Gasteiger partial charge on any atom is 0.191 e. The summed E-state index contributed by atoms with van der Waals surface area (Å²) in [5.74, 6) is 0.660. The molecule has 0 aliphatic heterocycles. The average Bonchev–Trinajstić information content (AvgIpc) is 2.93. The third-order valence-corrected chi connectivity index (χ3v) is 4.07. The van der Waals surface area contributed by atoms with E-state index in [4.69, 9.17) is 0 Å². The average molecular weight is 487 g/mol. The number of aliphatic imine (C=N–C) groups is 1. The van der Waals surface area contributed by atoms with Crippen molar-refractivity contribution in [3.63, 3.8) is 0 Å². The van der Waals surface area contributed by atoms with Gasteiger partial charge in [0.1, 0.15) is 5.82 Å². The van der Waals surface area contributed by atoms with E-state index in [1.165, 1.54) is 11.8 Å². The maximum atomic E-state index is 13.2. The molecule has 2 rings (SSSR count). The lowest BCUT2D eigenvalue weighted by Crippen LogP contribution is -2.38. The van der Waals surface area contributed by atoms with Crippen LogP contribution in [0, 0.1) is 19.7 Å². The van der Waals surface area contributed by atoms with Crippen molar-refractivity contribution in [2.75, 3.05) is 19.6 Å². The highest BCUT2D eigenvalue weighted by molar-refractivity contribution is 14.0. The Hall–Kier alpha value is -1.64. The van der Waals surface area contributed by atoms with Crippen LogP contribution in [-0.2, 0) is 13.0 Å². The molecule has 150 valence electrons. The second-order valence-corrected chi connectivity index (χ2v) is 6.42. The molecule has 0 atom stereocenters. The van der Waals surface area contributed by atoms with E-state index in [1.807, 2.05) is 17.7 Å². The molecule has 0 spiro atoms. The van der Waals surface area contributed by atoms with Gasteiger partial charge < -0.3 is 10.6 Å². The summed E-state index contributed by atoms with van der Waals surface area (Å²) in [7, 11) is 0. The van der Waals surface area contributed by atoms with Crippen LogP contribution in [0.15, 0.2) is 35.3 Å². The number of nitrogens with one attached hydrogen (secondary N) is 2. The van der Waals surface area contributed by atoms with Crippen LogP contribution in [0.2, 0.25) is 0 Å². The molecule has 0 bridgehead atoms. The molecule has 1 aromatic heterocycles. The van der Waals surface area contributed by atoms with Crippen molar-refractivity contribution in [2.24, 2.45) is 4.99 Å². The number of aryl methyl sites for hydroxylation is 4. The van der Waals surface area contributed by atoms with Crippen molar-refractivity contribution in [3.05, 3.63) is 53.1 Å². The lowest BCUT2D eigenvalue weighted by molar-refractivity contribution is 0.567. The van der Waals surface area contributed by atoms with Crippen molar-refractivity contribution < 1.29 is 4.39 Å².